The molecule has 6 heteroatoms. The Morgan fingerprint density at radius 3 is 2.75 bits per heavy atom. The molecule has 106 valence electrons. The molecule has 1 aromatic carbocycles. The molecule has 3 N–H and O–H groups in total. The molecule has 0 aliphatic rings. The molecule has 1 heterocycles. The molecule has 2 rings (SSSR count). The zero-order chi connectivity index (χ0) is 14.8. The molecule has 2 aromatic rings. The van der Waals surface area contributed by atoms with E-state index in [1.54, 1.807) is 20.8 Å². The van der Waals surface area contributed by atoms with E-state index in [1.165, 1.54) is 0 Å². The van der Waals surface area contributed by atoms with Crippen LogP contribution in [-0.2, 0) is 9.53 Å². The molecular formula is C14H18N4O2. The number of fused-ring (bicyclic) bond motifs is 1. The zero-order valence-corrected chi connectivity index (χ0v) is 11.8. The van der Waals surface area contributed by atoms with Crippen molar-refractivity contribution in [2.45, 2.75) is 26.3 Å². The van der Waals surface area contributed by atoms with Crippen LogP contribution in [0.5, 0.6) is 0 Å². The highest BCUT2D eigenvalue weighted by molar-refractivity contribution is 5.93. The number of aromatic nitrogens is 2. The van der Waals surface area contributed by atoms with E-state index in [1.807, 2.05) is 24.3 Å². The largest absolute Gasteiger partial charge is 0.464 e. The van der Waals surface area contributed by atoms with Crippen LogP contribution in [0.15, 0.2) is 24.3 Å². The second-order valence-electron chi connectivity index (χ2n) is 4.92. The number of nitrogens with two attached hydrogens (primary N) is 1. The first-order valence-corrected chi connectivity index (χ1v) is 6.41. The van der Waals surface area contributed by atoms with Crippen LogP contribution in [0.3, 0.4) is 0 Å². The van der Waals surface area contributed by atoms with Crippen molar-refractivity contribution in [1.82, 2.24) is 9.97 Å². The van der Waals surface area contributed by atoms with Gasteiger partial charge in [-0.25, -0.2) is 9.78 Å². The molecule has 0 saturated heterocycles. The highest BCUT2D eigenvalue weighted by Crippen LogP contribution is 2.24. The normalized spacial score (nSPS) is 11.3. The number of rotatable bonds is 4. The van der Waals surface area contributed by atoms with Crippen molar-refractivity contribution >= 4 is 28.6 Å². The van der Waals surface area contributed by atoms with Crippen LogP contribution in [0.4, 0.5) is 11.8 Å². The topological polar surface area (TPSA) is 90.1 Å². The summed E-state index contributed by atoms with van der Waals surface area (Å²) in [6.45, 7) is 5.57. The summed E-state index contributed by atoms with van der Waals surface area (Å²) < 4.78 is 5.05. The molecule has 0 fully saturated rings. The van der Waals surface area contributed by atoms with E-state index < -0.39 is 5.54 Å². The fourth-order valence-corrected chi connectivity index (χ4v) is 1.85. The van der Waals surface area contributed by atoms with Crippen molar-refractivity contribution in [2.75, 3.05) is 17.7 Å². The Kier molecular flexibility index (Phi) is 3.74. The Morgan fingerprint density at radius 2 is 2.05 bits per heavy atom. The van der Waals surface area contributed by atoms with Gasteiger partial charge in [0.25, 0.3) is 0 Å². The minimum Gasteiger partial charge on any atom is -0.464 e. The molecule has 0 spiro atoms. The molecule has 1 aromatic heterocycles. The van der Waals surface area contributed by atoms with Crippen LogP contribution >= 0.6 is 0 Å². The SMILES string of the molecule is CCOC(=O)C(C)(C)Nc1nc(N)nc2ccccc12. The summed E-state index contributed by atoms with van der Waals surface area (Å²) in [6.07, 6.45) is 0. The first kappa shape index (κ1) is 14.0. The van der Waals surface area contributed by atoms with Gasteiger partial charge in [-0.05, 0) is 32.9 Å². The molecular weight excluding hydrogens is 256 g/mol. The van der Waals surface area contributed by atoms with Gasteiger partial charge in [0.1, 0.15) is 11.4 Å². The van der Waals surface area contributed by atoms with Gasteiger partial charge >= 0.3 is 5.97 Å². The number of nitrogen functional groups attached to an aromatic ring is 1. The lowest BCUT2D eigenvalue weighted by Gasteiger charge is -2.25. The van der Waals surface area contributed by atoms with Gasteiger partial charge in [-0.15, -0.1) is 0 Å². The summed E-state index contributed by atoms with van der Waals surface area (Å²) in [6, 6.07) is 7.47. The molecule has 0 unspecified atom stereocenters. The second-order valence-corrected chi connectivity index (χ2v) is 4.92. The Balaban J connectivity index is 2.40. The smallest absolute Gasteiger partial charge is 0.331 e. The predicted octanol–water partition coefficient (Wildman–Crippen LogP) is 1.97. The predicted molar refractivity (Wildman–Crippen MR) is 78.3 cm³/mol. The van der Waals surface area contributed by atoms with Gasteiger partial charge in [0.15, 0.2) is 0 Å². The van der Waals surface area contributed by atoms with Crippen molar-refractivity contribution in [3.05, 3.63) is 24.3 Å². The fraction of sp³-hybridized carbons (Fsp3) is 0.357. The van der Waals surface area contributed by atoms with E-state index in [9.17, 15) is 4.79 Å². The fourth-order valence-electron chi connectivity index (χ4n) is 1.85. The monoisotopic (exact) mass is 274 g/mol. The van der Waals surface area contributed by atoms with E-state index in [-0.39, 0.29) is 11.9 Å². The zero-order valence-electron chi connectivity index (χ0n) is 11.8. The average Bonchev–Trinajstić information content (AvgIpc) is 2.38. The Labute approximate surface area is 117 Å². The number of nitrogens with zero attached hydrogens (tertiary/aromatic N) is 2. The third kappa shape index (κ3) is 2.79. The third-order valence-electron chi connectivity index (χ3n) is 2.84. The van der Waals surface area contributed by atoms with E-state index in [0.29, 0.717) is 12.4 Å². The molecule has 0 aliphatic carbocycles. The second kappa shape index (κ2) is 5.32. The Hall–Kier alpha value is -2.37. The van der Waals surface area contributed by atoms with E-state index in [2.05, 4.69) is 15.3 Å². The lowest BCUT2D eigenvalue weighted by molar-refractivity contribution is -0.147. The first-order valence-electron chi connectivity index (χ1n) is 6.41. The molecule has 20 heavy (non-hydrogen) atoms. The van der Waals surface area contributed by atoms with Gasteiger partial charge in [0.05, 0.1) is 12.1 Å². The number of carbonyl (C=O) groups excluding carboxylic acids is 1. The van der Waals surface area contributed by atoms with Gasteiger partial charge in [-0.3, -0.25) is 0 Å². The number of anilines is 2. The van der Waals surface area contributed by atoms with E-state index in [0.717, 1.165) is 10.9 Å². The minimum atomic E-state index is -0.903. The van der Waals surface area contributed by atoms with Crippen LogP contribution < -0.4 is 11.1 Å². The lowest BCUT2D eigenvalue weighted by Crippen LogP contribution is -2.42. The summed E-state index contributed by atoms with van der Waals surface area (Å²) in [5.41, 5.74) is 5.52. The van der Waals surface area contributed by atoms with Gasteiger partial charge in [0, 0.05) is 5.39 Å². The van der Waals surface area contributed by atoms with Crippen LogP contribution in [0.2, 0.25) is 0 Å². The third-order valence-corrected chi connectivity index (χ3v) is 2.84. The Morgan fingerprint density at radius 1 is 1.35 bits per heavy atom. The number of nitrogens with one attached hydrogen (secondary N) is 1. The number of ether oxygens (including phenoxy) is 1. The van der Waals surface area contributed by atoms with Crippen LogP contribution in [0.1, 0.15) is 20.8 Å². The summed E-state index contributed by atoms with van der Waals surface area (Å²) >= 11 is 0. The molecule has 0 aliphatic heterocycles. The first-order chi connectivity index (χ1) is 9.44. The van der Waals surface area contributed by atoms with Crippen molar-refractivity contribution in [2.24, 2.45) is 0 Å². The maximum atomic E-state index is 11.9. The molecule has 0 bridgehead atoms. The number of hydrogen-bond donors (Lipinski definition) is 2. The number of benzene rings is 1. The van der Waals surface area contributed by atoms with Gasteiger partial charge in [0.2, 0.25) is 5.95 Å². The highest BCUT2D eigenvalue weighted by atomic mass is 16.5. The minimum absolute atomic E-state index is 0.158. The van der Waals surface area contributed by atoms with Crippen molar-refractivity contribution in [3.8, 4) is 0 Å². The quantitative estimate of drug-likeness (QED) is 0.828. The van der Waals surface area contributed by atoms with Gasteiger partial charge in [-0.2, -0.15) is 4.98 Å². The lowest BCUT2D eigenvalue weighted by atomic mass is 10.1. The van der Waals surface area contributed by atoms with E-state index >= 15 is 0 Å². The van der Waals surface area contributed by atoms with Gasteiger partial charge in [-0.1, -0.05) is 12.1 Å². The van der Waals surface area contributed by atoms with E-state index in [4.69, 9.17) is 10.5 Å². The van der Waals surface area contributed by atoms with Gasteiger partial charge < -0.3 is 15.8 Å². The van der Waals surface area contributed by atoms with Crippen molar-refractivity contribution in [1.29, 1.82) is 0 Å². The summed E-state index contributed by atoms with van der Waals surface area (Å²) in [5.74, 6) is 0.332. The van der Waals surface area contributed by atoms with Crippen molar-refractivity contribution in [3.63, 3.8) is 0 Å². The standard InChI is InChI=1S/C14H18N4O2/c1-4-20-12(19)14(2,3)18-11-9-7-5-6-8-10(9)16-13(15)17-11/h5-8H,4H2,1-3H3,(H3,15,16,17,18). The summed E-state index contributed by atoms with van der Waals surface area (Å²) in [5, 5.41) is 3.89. The molecule has 0 radical (unpaired) electrons. The van der Waals surface area contributed by atoms with Crippen LogP contribution in [0.25, 0.3) is 10.9 Å². The molecule has 0 atom stereocenters. The molecule has 6 nitrogen and oxygen atoms in total. The number of hydrogen-bond acceptors (Lipinski definition) is 6. The number of para-hydroxylation sites is 1. The number of carbonyl (C=O) groups is 1. The average molecular weight is 274 g/mol. The van der Waals surface area contributed by atoms with Crippen LogP contribution in [0, 0.1) is 0 Å². The Bertz CT molecular complexity index is 640. The van der Waals surface area contributed by atoms with Crippen molar-refractivity contribution < 1.29 is 9.53 Å². The molecule has 0 saturated carbocycles. The highest BCUT2D eigenvalue weighted by Gasteiger charge is 2.30. The summed E-state index contributed by atoms with van der Waals surface area (Å²) in [7, 11) is 0. The molecule has 0 amide bonds. The summed E-state index contributed by atoms with van der Waals surface area (Å²) in [4.78, 5) is 20.3. The number of esters is 1. The maximum Gasteiger partial charge on any atom is 0.331 e. The maximum absolute atomic E-state index is 11.9. The van der Waals surface area contributed by atoms with Crippen LogP contribution in [-0.4, -0.2) is 28.1 Å².